The van der Waals surface area contributed by atoms with Crippen molar-refractivity contribution in [2.24, 2.45) is 5.92 Å². The molecule has 2 atom stereocenters. The zero-order chi connectivity index (χ0) is 15.4. The first-order chi connectivity index (χ1) is 9.99. The largest absolute Gasteiger partial charge is 0.314 e. The zero-order valence-corrected chi connectivity index (χ0v) is 14.0. The van der Waals surface area contributed by atoms with E-state index < -0.39 is 0 Å². The van der Waals surface area contributed by atoms with Crippen LogP contribution >= 0.6 is 11.6 Å². The third kappa shape index (κ3) is 4.41. The number of benzene rings is 1. The van der Waals surface area contributed by atoms with Crippen molar-refractivity contribution in [2.45, 2.75) is 45.2 Å². The summed E-state index contributed by atoms with van der Waals surface area (Å²) in [5, 5.41) is 3.74. The van der Waals surface area contributed by atoms with E-state index in [0.29, 0.717) is 12.0 Å². The summed E-state index contributed by atoms with van der Waals surface area (Å²) in [6.07, 6.45) is 3.63. The molecule has 1 aliphatic heterocycles. The smallest absolute Gasteiger partial charge is 0.142 e. The van der Waals surface area contributed by atoms with Gasteiger partial charge in [-0.25, -0.2) is 4.39 Å². The molecule has 1 heterocycles. The molecule has 2 unspecified atom stereocenters. The molecule has 4 heteroatoms. The highest BCUT2D eigenvalue weighted by atomic mass is 35.5. The summed E-state index contributed by atoms with van der Waals surface area (Å²) in [5.41, 5.74) is 1.04. The fourth-order valence-corrected chi connectivity index (χ4v) is 3.37. The van der Waals surface area contributed by atoms with Gasteiger partial charge in [-0.05, 0) is 50.0 Å². The predicted molar refractivity (Wildman–Crippen MR) is 87.3 cm³/mol. The third-order valence-corrected chi connectivity index (χ3v) is 4.64. The molecule has 0 aliphatic carbocycles. The molecule has 118 valence electrons. The lowest BCUT2D eigenvalue weighted by atomic mass is 9.89. The van der Waals surface area contributed by atoms with Crippen LogP contribution in [0, 0.1) is 11.7 Å². The normalized spacial score (nSPS) is 24.3. The van der Waals surface area contributed by atoms with Crippen molar-refractivity contribution >= 4 is 11.6 Å². The Morgan fingerprint density at radius 2 is 2.14 bits per heavy atom. The second-order valence-electron chi connectivity index (χ2n) is 6.42. The Morgan fingerprint density at radius 3 is 2.81 bits per heavy atom. The lowest BCUT2D eigenvalue weighted by molar-refractivity contribution is 0.187. The van der Waals surface area contributed by atoms with E-state index in [4.69, 9.17) is 11.6 Å². The third-order valence-electron chi connectivity index (χ3n) is 4.33. The Labute approximate surface area is 132 Å². The highest BCUT2D eigenvalue weighted by Gasteiger charge is 2.29. The monoisotopic (exact) mass is 312 g/mol. The molecule has 1 aromatic rings. The lowest BCUT2D eigenvalue weighted by Gasteiger charge is -2.33. The van der Waals surface area contributed by atoms with Crippen LogP contribution in [0.4, 0.5) is 4.39 Å². The maximum atomic E-state index is 13.8. The molecule has 1 aromatic carbocycles. The second kappa shape index (κ2) is 7.57. The van der Waals surface area contributed by atoms with Gasteiger partial charge < -0.3 is 5.32 Å². The number of likely N-dealkylation sites (tertiary alicyclic amines) is 1. The van der Waals surface area contributed by atoms with Crippen LogP contribution in [0.1, 0.15) is 44.7 Å². The number of hydrogen-bond donors (Lipinski definition) is 1. The van der Waals surface area contributed by atoms with Crippen LogP contribution in [0.5, 0.6) is 0 Å². The van der Waals surface area contributed by atoms with Gasteiger partial charge in [-0.1, -0.05) is 37.9 Å². The van der Waals surface area contributed by atoms with Crippen molar-refractivity contribution in [2.75, 3.05) is 20.1 Å². The molecule has 0 spiro atoms. The van der Waals surface area contributed by atoms with Crippen molar-refractivity contribution in [1.82, 2.24) is 10.2 Å². The molecule has 1 saturated heterocycles. The minimum Gasteiger partial charge on any atom is -0.314 e. The molecule has 0 bridgehead atoms. The average Bonchev–Trinajstić information content (AvgIpc) is 2.61. The molecule has 0 saturated carbocycles. The first-order valence-corrected chi connectivity index (χ1v) is 8.25. The molecular formula is C17H26ClFN2. The summed E-state index contributed by atoms with van der Waals surface area (Å²) in [7, 11) is 2.14. The average molecular weight is 313 g/mol. The Morgan fingerprint density at radius 1 is 1.38 bits per heavy atom. The highest BCUT2D eigenvalue weighted by molar-refractivity contribution is 6.30. The topological polar surface area (TPSA) is 15.3 Å². The minimum atomic E-state index is -0.317. The van der Waals surface area contributed by atoms with Crippen LogP contribution in [0.15, 0.2) is 18.2 Å². The van der Waals surface area contributed by atoms with Gasteiger partial charge in [0.15, 0.2) is 0 Å². The van der Waals surface area contributed by atoms with Crippen LogP contribution in [0.25, 0.3) is 0 Å². The van der Waals surface area contributed by atoms with E-state index in [1.807, 2.05) is 6.07 Å². The second-order valence-corrected chi connectivity index (χ2v) is 6.83. The number of nitrogens with zero attached hydrogens (tertiary/aromatic N) is 1. The fraction of sp³-hybridized carbons (Fsp3) is 0.647. The van der Waals surface area contributed by atoms with E-state index in [0.717, 1.165) is 18.7 Å². The molecule has 21 heavy (non-hydrogen) atoms. The number of nitrogens with one attached hydrogen (secondary N) is 1. The SMILES string of the molecule is CC(C)NCC1CCCCN(C)C1c1ccc(Cl)c(F)c1. The van der Waals surface area contributed by atoms with Crippen molar-refractivity contribution in [3.8, 4) is 0 Å². The predicted octanol–water partition coefficient (Wildman–Crippen LogP) is 4.25. The summed E-state index contributed by atoms with van der Waals surface area (Å²) in [5.74, 6) is 0.183. The maximum absolute atomic E-state index is 13.8. The minimum absolute atomic E-state index is 0.201. The van der Waals surface area contributed by atoms with Crippen LogP contribution in [0.3, 0.4) is 0 Å². The van der Waals surface area contributed by atoms with Gasteiger partial charge in [0.1, 0.15) is 5.82 Å². The number of halogens is 2. The van der Waals surface area contributed by atoms with Gasteiger partial charge in [-0.3, -0.25) is 4.90 Å². The first-order valence-electron chi connectivity index (χ1n) is 7.87. The summed E-state index contributed by atoms with van der Waals surface area (Å²) in [4.78, 5) is 2.36. The molecule has 0 amide bonds. The van der Waals surface area contributed by atoms with Crippen LogP contribution in [-0.2, 0) is 0 Å². The van der Waals surface area contributed by atoms with Crippen molar-refractivity contribution < 1.29 is 4.39 Å². The number of rotatable bonds is 4. The Bertz CT molecular complexity index is 464. The van der Waals surface area contributed by atoms with Gasteiger partial charge in [-0.2, -0.15) is 0 Å². The molecule has 0 radical (unpaired) electrons. The van der Waals surface area contributed by atoms with Crippen molar-refractivity contribution in [1.29, 1.82) is 0 Å². The van der Waals surface area contributed by atoms with Crippen molar-refractivity contribution in [3.63, 3.8) is 0 Å². The molecule has 0 aromatic heterocycles. The zero-order valence-electron chi connectivity index (χ0n) is 13.2. The molecule has 2 rings (SSSR count). The molecule has 2 nitrogen and oxygen atoms in total. The van der Waals surface area contributed by atoms with E-state index in [2.05, 4.69) is 31.1 Å². The summed E-state index contributed by atoms with van der Waals surface area (Å²) in [6, 6.07) is 5.99. The summed E-state index contributed by atoms with van der Waals surface area (Å²) in [6.45, 7) is 6.36. The molecular weight excluding hydrogens is 287 g/mol. The van der Waals surface area contributed by atoms with E-state index in [9.17, 15) is 4.39 Å². The maximum Gasteiger partial charge on any atom is 0.142 e. The summed E-state index contributed by atoms with van der Waals surface area (Å²) < 4.78 is 13.8. The summed E-state index contributed by atoms with van der Waals surface area (Å²) >= 11 is 5.83. The van der Waals surface area contributed by atoms with Gasteiger partial charge in [-0.15, -0.1) is 0 Å². The van der Waals surface area contributed by atoms with Gasteiger partial charge in [0, 0.05) is 18.6 Å². The van der Waals surface area contributed by atoms with Crippen LogP contribution < -0.4 is 5.32 Å². The van der Waals surface area contributed by atoms with Crippen LogP contribution in [-0.4, -0.2) is 31.1 Å². The molecule has 1 aliphatic rings. The van der Waals surface area contributed by atoms with Gasteiger partial charge in [0.25, 0.3) is 0 Å². The van der Waals surface area contributed by atoms with Crippen molar-refractivity contribution in [3.05, 3.63) is 34.6 Å². The Balaban J connectivity index is 2.25. The lowest BCUT2D eigenvalue weighted by Crippen LogP contribution is -2.37. The van der Waals surface area contributed by atoms with E-state index in [1.165, 1.54) is 19.3 Å². The Kier molecular flexibility index (Phi) is 6.03. The van der Waals surface area contributed by atoms with Crippen LogP contribution in [0.2, 0.25) is 5.02 Å². The van der Waals surface area contributed by atoms with Gasteiger partial charge >= 0.3 is 0 Å². The van der Waals surface area contributed by atoms with E-state index >= 15 is 0 Å². The number of hydrogen-bond acceptors (Lipinski definition) is 2. The van der Waals surface area contributed by atoms with Gasteiger partial charge in [0.05, 0.1) is 5.02 Å². The standard InChI is InChI=1S/C17H26ClFN2/c1-12(2)20-11-14-6-4-5-9-21(3)17(14)13-7-8-15(18)16(19)10-13/h7-8,10,12,14,17,20H,4-6,9,11H2,1-3H3. The first kappa shape index (κ1) is 16.7. The van der Waals surface area contributed by atoms with Gasteiger partial charge in [0.2, 0.25) is 0 Å². The van der Waals surface area contributed by atoms with E-state index in [-0.39, 0.29) is 16.9 Å². The molecule has 1 fully saturated rings. The molecule has 1 N–H and O–H groups in total. The Hall–Kier alpha value is -0.640. The van der Waals surface area contributed by atoms with E-state index in [1.54, 1.807) is 12.1 Å². The fourth-order valence-electron chi connectivity index (χ4n) is 3.25. The highest BCUT2D eigenvalue weighted by Crippen LogP contribution is 2.35. The quantitative estimate of drug-likeness (QED) is 0.894.